The fraction of sp³-hybridized carbons (Fsp3) is 0. The summed E-state index contributed by atoms with van der Waals surface area (Å²) in [6, 6.07) is 22.2. The van der Waals surface area contributed by atoms with E-state index >= 15 is 0 Å². The standard InChI is InChI=1S/C19H12IN5O2/c20-15-9-5-13(6-10-15)17-3-1-2-4-18(17)24-19(21-22-23-24)14-7-11-16(12-8-14)25(26)27/h1-12H. The number of hydrogen-bond donors (Lipinski definition) is 0. The summed E-state index contributed by atoms with van der Waals surface area (Å²) in [7, 11) is 0. The van der Waals surface area contributed by atoms with Gasteiger partial charge in [-0.3, -0.25) is 10.1 Å². The van der Waals surface area contributed by atoms with E-state index in [0.717, 1.165) is 20.4 Å². The summed E-state index contributed by atoms with van der Waals surface area (Å²) in [4.78, 5) is 10.4. The van der Waals surface area contributed by atoms with Gasteiger partial charge < -0.3 is 0 Å². The van der Waals surface area contributed by atoms with E-state index in [2.05, 4.69) is 50.2 Å². The van der Waals surface area contributed by atoms with Gasteiger partial charge in [-0.2, -0.15) is 4.68 Å². The predicted octanol–water partition coefficient (Wildman–Crippen LogP) is 4.51. The third kappa shape index (κ3) is 3.43. The minimum atomic E-state index is -0.432. The van der Waals surface area contributed by atoms with Crippen molar-refractivity contribution in [3.05, 3.63) is 86.5 Å². The van der Waals surface area contributed by atoms with E-state index in [-0.39, 0.29) is 5.69 Å². The molecule has 0 aliphatic carbocycles. The molecule has 1 heterocycles. The van der Waals surface area contributed by atoms with Gasteiger partial charge in [0.2, 0.25) is 0 Å². The summed E-state index contributed by atoms with van der Waals surface area (Å²) >= 11 is 2.27. The lowest BCUT2D eigenvalue weighted by Gasteiger charge is -2.11. The summed E-state index contributed by atoms with van der Waals surface area (Å²) in [5.74, 6) is 0.517. The van der Waals surface area contributed by atoms with Gasteiger partial charge in [0.25, 0.3) is 5.69 Å². The SMILES string of the molecule is O=[N+]([O-])c1ccc(-c2nnnn2-c2ccccc2-c2ccc(I)cc2)cc1. The molecule has 0 amide bonds. The van der Waals surface area contributed by atoms with Crippen LogP contribution in [0.3, 0.4) is 0 Å². The lowest BCUT2D eigenvalue weighted by molar-refractivity contribution is -0.384. The van der Waals surface area contributed by atoms with Gasteiger partial charge in [0.1, 0.15) is 0 Å². The molecule has 27 heavy (non-hydrogen) atoms. The van der Waals surface area contributed by atoms with E-state index in [0.29, 0.717) is 11.4 Å². The number of hydrogen-bond acceptors (Lipinski definition) is 5. The van der Waals surface area contributed by atoms with Crippen molar-refractivity contribution in [2.75, 3.05) is 0 Å². The second-order valence-corrected chi connectivity index (χ2v) is 6.99. The molecule has 0 saturated heterocycles. The normalized spacial score (nSPS) is 10.7. The number of non-ortho nitro benzene ring substituents is 1. The van der Waals surface area contributed by atoms with Crippen LogP contribution in [0, 0.1) is 13.7 Å². The van der Waals surface area contributed by atoms with Crippen molar-refractivity contribution in [2.24, 2.45) is 0 Å². The zero-order valence-corrected chi connectivity index (χ0v) is 16.0. The van der Waals surface area contributed by atoms with E-state index < -0.39 is 4.92 Å². The molecule has 8 heteroatoms. The van der Waals surface area contributed by atoms with Crippen molar-refractivity contribution in [3.8, 4) is 28.2 Å². The molecule has 0 atom stereocenters. The van der Waals surface area contributed by atoms with Crippen molar-refractivity contribution in [1.29, 1.82) is 0 Å². The third-order valence-corrected chi connectivity index (χ3v) is 4.81. The van der Waals surface area contributed by atoms with Gasteiger partial charge in [0, 0.05) is 26.8 Å². The Balaban J connectivity index is 1.81. The predicted molar refractivity (Wildman–Crippen MR) is 109 cm³/mol. The van der Waals surface area contributed by atoms with Gasteiger partial charge in [-0.1, -0.05) is 30.3 Å². The van der Waals surface area contributed by atoms with Crippen LogP contribution in [0.2, 0.25) is 0 Å². The minimum absolute atomic E-state index is 0.0251. The molecule has 0 spiro atoms. The van der Waals surface area contributed by atoms with E-state index in [1.165, 1.54) is 12.1 Å². The van der Waals surface area contributed by atoms with Gasteiger partial charge in [-0.25, -0.2) is 0 Å². The first-order valence-electron chi connectivity index (χ1n) is 8.02. The molecule has 4 aromatic rings. The van der Waals surface area contributed by atoms with Gasteiger partial charge in [-0.05, 0) is 68.9 Å². The number of para-hydroxylation sites is 1. The maximum atomic E-state index is 10.9. The molecular weight excluding hydrogens is 457 g/mol. The van der Waals surface area contributed by atoms with Crippen molar-refractivity contribution in [2.45, 2.75) is 0 Å². The fourth-order valence-electron chi connectivity index (χ4n) is 2.79. The number of aromatic nitrogens is 4. The second-order valence-electron chi connectivity index (χ2n) is 5.74. The summed E-state index contributed by atoms with van der Waals surface area (Å²) < 4.78 is 2.80. The molecule has 132 valence electrons. The van der Waals surface area contributed by atoms with Crippen molar-refractivity contribution in [1.82, 2.24) is 20.2 Å². The van der Waals surface area contributed by atoms with Crippen LogP contribution in [0.5, 0.6) is 0 Å². The molecule has 0 aliphatic heterocycles. The van der Waals surface area contributed by atoms with Crippen LogP contribution >= 0.6 is 22.6 Å². The molecule has 0 saturated carbocycles. The van der Waals surface area contributed by atoms with Gasteiger partial charge in [0.15, 0.2) is 5.82 Å². The first kappa shape index (κ1) is 17.3. The van der Waals surface area contributed by atoms with Crippen LogP contribution in [-0.2, 0) is 0 Å². The van der Waals surface area contributed by atoms with Crippen LogP contribution < -0.4 is 0 Å². The number of halogens is 1. The van der Waals surface area contributed by atoms with Crippen LogP contribution in [0.4, 0.5) is 5.69 Å². The molecule has 1 aromatic heterocycles. The smallest absolute Gasteiger partial charge is 0.258 e. The van der Waals surface area contributed by atoms with Crippen molar-refractivity contribution >= 4 is 28.3 Å². The quantitative estimate of drug-likeness (QED) is 0.250. The van der Waals surface area contributed by atoms with Gasteiger partial charge in [0.05, 0.1) is 10.6 Å². The second kappa shape index (κ2) is 7.23. The average Bonchev–Trinajstić information content (AvgIpc) is 3.18. The Hall–Kier alpha value is -3.14. The van der Waals surface area contributed by atoms with Gasteiger partial charge >= 0.3 is 0 Å². The number of benzene rings is 3. The van der Waals surface area contributed by atoms with E-state index in [9.17, 15) is 10.1 Å². The molecule has 0 fully saturated rings. The van der Waals surface area contributed by atoms with Crippen LogP contribution in [-0.4, -0.2) is 25.1 Å². The fourth-order valence-corrected chi connectivity index (χ4v) is 3.15. The monoisotopic (exact) mass is 469 g/mol. The highest BCUT2D eigenvalue weighted by molar-refractivity contribution is 14.1. The zero-order valence-electron chi connectivity index (χ0n) is 13.9. The van der Waals surface area contributed by atoms with Crippen molar-refractivity contribution in [3.63, 3.8) is 0 Å². The topological polar surface area (TPSA) is 86.7 Å². The number of tetrazole rings is 1. The van der Waals surface area contributed by atoms with Crippen molar-refractivity contribution < 1.29 is 4.92 Å². The Morgan fingerprint density at radius 1 is 0.889 bits per heavy atom. The highest BCUT2D eigenvalue weighted by Crippen LogP contribution is 2.29. The number of rotatable bonds is 4. The van der Waals surface area contributed by atoms with E-state index in [1.807, 2.05) is 36.4 Å². The van der Waals surface area contributed by atoms with Crippen LogP contribution in [0.25, 0.3) is 28.2 Å². The molecule has 0 bridgehead atoms. The van der Waals surface area contributed by atoms with E-state index in [4.69, 9.17) is 0 Å². The largest absolute Gasteiger partial charge is 0.269 e. The molecule has 7 nitrogen and oxygen atoms in total. The first-order chi connectivity index (χ1) is 13.1. The minimum Gasteiger partial charge on any atom is -0.258 e. The Labute approximate surface area is 168 Å². The summed E-state index contributed by atoms with van der Waals surface area (Å²) in [5.41, 5.74) is 3.60. The zero-order chi connectivity index (χ0) is 18.8. The maximum Gasteiger partial charge on any atom is 0.269 e. The Bertz CT molecular complexity index is 1110. The molecule has 0 unspecified atom stereocenters. The summed E-state index contributed by atoms with van der Waals surface area (Å²) in [6.45, 7) is 0. The Morgan fingerprint density at radius 2 is 1.56 bits per heavy atom. The average molecular weight is 469 g/mol. The third-order valence-electron chi connectivity index (χ3n) is 4.09. The number of nitro groups is 1. The Morgan fingerprint density at radius 3 is 2.26 bits per heavy atom. The lowest BCUT2D eigenvalue weighted by Crippen LogP contribution is -2.02. The Kier molecular flexibility index (Phi) is 4.63. The lowest BCUT2D eigenvalue weighted by atomic mass is 10.0. The maximum absolute atomic E-state index is 10.9. The molecule has 0 N–H and O–H groups in total. The van der Waals surface area contributed by atoms with E-state index in [1.54, 1.807) is 16.8 Å². The molecule has 3 aromatic carbocycles. The molecule has 0 aliphatic rings. The highest BCUT2D eigenvalue weighted by atomic mass is 127. The summed E-state index contributed by atoms with van der Waals surface area (Å²) in [5, 5.41) is 22.9. The number of nitro benzene ring substituents is 1. The first-order valence-corrected chi connectivity index (χ1v) is 9.10. The molecule has 4 rings (SSSR count). The molecular formula is C19H12IN5O2. The highest BCUT2D eigenvalue weighted by Gasteiger charge is 2.15. The van der Waals surface area contributed by atoms with Gasteiger partial charge in [-0.15, -0.1) is 5.10 Å². The summed E-state index contributed by atoms with van der Waals surface area (Å²) in [6.07, 6.45) is 0. The van der Waals surface area contributed by atoms with Crippen LogP contribution in [0.1, 0.15) is 0 Å². The van der Waals surface area contributed by atoms with Crippen LogP contribution in [0.15, 0.2) is 72.8 Å². The molecule has 0 radical (unpaired) electrons. The number of nitrogens with zero attached hydrogens (tertiary/aromatic N) is 5.